The van der Waals surface area contributed by atoms with Gasteiger partial charge in [-0.3, -0.25) is 0 Å². The summed E-state index contributed by atoms with van der Waals surface area (Å²) in [4.78, 5) is 13.2. The van der Waals surface area contributed by atoms with Gasteiger partial charge in [-0.25, -0.2) is 4.79 Å². The topological polar surface area (TPSA) is 50.4 Å². The third-order valence-corrected chi connectivity index (χ3v) is 5.25. The summed E-state index contributed by atoms with van der Waals surface area (Å²) in [5.41, 5.74) is 2.50. The summed E-state index contributed by atoms with van der Waals surface area (Å²) in [5, 5.41) is 8.04. The average molecular weight is 383 g/mol. The Hall–Kier alpha value is -1.63. The van der Waals surface area contributed by atoms with Crippen LogP contribution in [0.2, 0.25) is 5.02 Å². The molecular formula is C17H19ClN2O2S2. The second-order valence-electron chi connectivity index (χ2n) is 5.09. The van der Waals surface area contributed by atoms with Gasteiger partial charge in [-0.2, -0.15) is 0 Å². The average Bonchev–Trinajstić information content (AvgIpc) is 2.88. The first-order valence-electron chi connectivity index (χ1n) is 7.46. The summed E-state index contributed by atoms with van der Waals surface area (Å²) in [6.07, 6.45) is 0.758. The van der Waals surface area contributed by atoms with Crippen molar-refractivity contribution in [2.45, 2.75) is 26.8 Å². The second-order valence-corrected chi connectivity index (χ2v) is 7.13. The molecule has 0 fully saturated rings. The van der Waals surface area contributed by atoms with Gasteiger partial charge in [0.25, 0.3) is 0 Å². The summed E-state index contributed by atoms with van der Waals surface area (Å²) in [6.45, 7) is 4.50. The molecule has 1 heterocycles. The van der Waals surface area contributed by atoms with E-state index in [9.17, 15) is 4.79 Å². The number of carbonyl (C=O) groups is 1. The lowest BCUT2D eigenvalue weighted by atomic mass is 10.1. The number of thiophene rings is 1. The molecule has 2 aromatic rings. The van der Waals surface area contributed by atoms with Crippen molar-refractivity contribution in [2.24, 2.45) is 0 Å². The van der Waals surface area contributed by atoms with Crippen molar-refractivity contribution in [3.63, 3.8) is 0 Å². The molecule has 0 bridgehead atoms. The molecule has 0 aliphatic heterocycles. The highest BCUT2D eigenvalue weighted by Gasteiger charge is 2.22. The van der Waals surface area contributed by atoms with Crippen LogP contribution < -0.4 is 10.6 Å². The molecule has 0 aliphatic rings. The first kappa shape index (κ1) is 18.7. The van der Waals surface area contributed by atoms with Crippen LogP contribution in [0.25, 0.3) is 0 Å². The number of methoxy groups -OCH3 is 1. The molecule has 7 heteroatoms. The molecule has 0 atom stereocenters. The molecule has 0 radical (unpaired) electrons. The molecule has 0 amide bonds. The summed E-state index contributed by atoms with van der Waals surface area (Å²) in [5.74, 6) is -0.354. The minimum absolute atomic E-state index is 0.354. The smallest absolute Gasteiger partial charge is 0.341 e. The van der Waals surface area contributed by atoms with Gasteiger partial charge in [-0.05, 0) is 42.8 Å². The molecule has 24 heavy (non-hydrogen) atoms. The molecule has 0 saturated heterocycles. The van der Waals surface area contributed by atoms with Crippen molar-refractivity contribution in [1.29, 1.82) is 0 Å². The SMILES string of the molecule is CCc1c(C)sc(NC(=S)NCc2ccccc2Cl)c1C(=O)OC. The van der Waals surface area contributed by atoms with Crippen molar-refractivity contribution >= 4 is 51.2 Å². The molecule has 0 unspecified atom stereocenters. The highest BCUT2D eigenvalue weighted by molar-refractivity contribution is 7.80. The summed E-state index contributed by atoms with van der Waals surface area (Å²) in [7, 11) is 1.38. The standard InChI is InChI=1S/C17H19ClN2O2S2/c1-4-12-10(2)24-15(14(12)16(21)22-3)20-17(23)19-9-11-7-5-6-8-13(11)18/h5-8H,4,9H2,1-3H3,(H2,19,20,23). The molecule has 2 N–H and O–H groups in total. The van der Waals surface area contributed by atoms with Crippen LogP contribution in [0, 0.1) is 6.92 Å². The highest BCUT2D eigenvalue weighted by atomic mass is 35.5. The van der Waals surface area contributed by atoms with Crippen LogP contribution in [-0.2, 0) is 17.7 Å². The number of halogens is 1. The number of benzene rings is 1. The number of ether oxygens (including phenoxy) is 1. The van der Waals surface area contributed by atoms with E-state index in [0.29, 0.717) is 27.2 Å². The Morgan fingerprint density at radius 1 is 1.38 bits per heavy atom. The van der Waals surface area contributed by atoms with Crippen LogP contribution in [0.15, 0.2) is 24.3 Å². The Morgan fingerprint density at radius 3 is 2.71 bits per heavy atom. The molecule has 1 aromatic heterocycles. The van der Waals surface area contributed by atoms with E-state index >= 15 is 0 Å². The monoisotopic (exact) mass is 382 g/mol. The van der Waals surface area contributed by atoms with Crippen LogP contribution in [-0.4, -0.2) is 18.2 Å². The van der Waals surface area contributed by atoms with Gasteiger partial charge in [0.1, 0.15) is 5.00 Å². The summed E-state index contributed by atoms with van der Waals surface area (Å²) >= 11 is 13.0. The van der Waals surface area contributed by atoms with Crippen LogP contribution in [0.3, 0.4) is 0 Å². The van der Waals surface area contributed by atoms with E-state index in [-0.39, 0.29) is 5.97 Å². The first-order valence-corrected chi connectivity index (χ1v) is 9.07. The lowest BCUT2D eigenvalue weighted by Gasteiger charge is -2.11. The fourth-order valence-corrected chi connectivity index (χ4v) is 3.95. The quantitative estimate of drug-likeness (QED) is 0.587. The van der Waals surface area contributed by atoms with Gasteiger partial charge in [0, 0.05) is 16.4 Å². The predicted molar refractivity (Wildman–Crippen MR) is 104 cm³/mol. The molecule has 4 nitrogen and oxygen atoms in total. The van der Waals surface area contributed by atoms with Gasteiger partial charge in [-0.1, -0.05) is 36.7 Å². The molecule has 2 rings (SSSR count). The van der Waals surface area contributed by atoms with Gasteiger partial charge in [0.2, 0.25) is 0 Å². The number of hydrogen-bond acceptors (Lipinski definition) is 4. The third-order valence-electron chi connectivity index (χ3n) is 3.58. The van der Waals surface area contributed by atoms with E-state index in [2.05, 4.69) is 10.6 Å². The molecule has 0 aliphatic carbocycles. The maximum atomic E-state index is 12.1. The van der Waals surface area contributed by atoms with Gasteiger partial charge < -0.3 is 15.4 Å². The van der Waals surface area contributed by atoms with E-state index in [1.54, 1.807) is 0 Å². The third kappa shape index (κ3) is 4.26. The number of rotatable bonds is 5. The van der Waals surface area contributed by atoms with Crippen molar-refractivity contribution < 1.29 is 9.53 Å². The van der Waals surface area contributed by atoms with Gasteiger partial charge in [0.15, 0.2) is 5.11 Å². The first-order chi connectivity index (χ1) is 11.5. The van der Waals surface area contributed by atoms with Crippen molar-refractivity contribution in [2.75, 3.05) is 12.4 Å². The molecule has 0 spiro atoms. The van der Waals surface area contributed by atoms with Gasteiger partial charge in [-0.15, -0.1) is 11.3 Å². The van der Waals surface area contributed by atoms with Gasteiger partial charge in [0.05, 0.1) is 12.7 Å². The normalized spacial score (nSPS) is 10.3. The lowest BCUT2D eigenvalue weighted by molar-refractivity contribution is 0.0601. The van der Waals surface area contributed by atoms with Crippen LogP contribution >= 0.6 is 35.2 Å². The number of aryl methyl sites for hydroxylation is 1. The lowest BCUT2D eigenvalue weighted by Crippen LogP contribution is -2.28. The number of carbonyl (C=O) groups excluding carboxylic acids is 1. The van der Waals surface area contributed by atoms with Gasteiger partial charge >= 0.3 is 5.97 Å². The summed E-state index contributed by atoms with van der Waals surface area (Å²) < 4.78 is 4.91. The molecule has 128 valence electrons. The van der Waals surface area contributed by atoms with E-state index in [1.807, 2.05) is 38.1 Å². The van der Waals surface area contributed by atoms with Crippen LogP contribution in [0.5, 0.6) is 0 Å². The number of esters is 1. The van der Waals surface area contributed by atoms with E-state index in [0.717, 1.165) is 22.4 Å². The van der Waals surface area contributed by atoms with Crippen molar-refractivity contribution in [1.82, 2.24) is 5.32 Å². The Bertz CT molecular complexity index is 759. The highest BCUT2D eigenvalue weighted by Crippen LogP contribution is 2.34. The Balaban J connectivity index is 2.11. The molecule has 0 saturated carbocycles. The number of hydrogen-bond donors (Lipinski definition) is 2. The largest absolute Gasteiger partial charge is 0.465 e. The van der Waals surface area contributed by atoms with Crippen LogP contribution in [0.4, 0.5) is 5.00 Å². The predicted octanol–water partition coefficient (Wildman–Crippen LogP) is 4.55. The molecule has 1 aromatic carbocycles. The fourth-order valence-electron chi connectivity index (χ4n) is 2.38. The number of thiocarbonyl (C=S) groups is 1. The zero-order valence-corrected chi connectivity index (χ0v) is 16.1. The minimum Gasteiger partial charge on any atom is -0.465 e. The number of nitrogens with one attached hydrogen (secondary N) is 2. The zero-order chi connectivity index (χ0) is 17.7. The fraction of sp³-hybridized carbons (Fsp3) is 0.294. The maximum absolute atomic E-state index is 12.1. The van der Waals surface area contributed by atoms with E-state index < -0.39 is 0 Å². The summed E-state index contributed by atoms with van der Waals surface area (Å²) in [6, 6.07) is 7.57. The number of anilines is 1. The van der Waals surface area contributed by atoms with E-state index in [1.165, 1.54) is 18.4 Å². The van der Waals surface area contributed by atoms with Crippen LogP contribution in [0.1, 0.15) is 33.3 Å². The maximum Gasteiger partial charge on any atom is 0.341 e. The zero-order valence-electron chi connectivity index (χ0n) is 13.7. The molecular weight excluding hydrogens is 364 g/mol. The Labute approximate surface area is 156 Å². The Kier molecular flexibility index (Phi) is 6.60. The van der Waals surface area contributed by atoms with Crippen molar-refractivity contribution in [3.05, 3.63) is 50.9 Å². The van der Waals surface area contributed by atoms with E-state index in [4.69, 9.17) is 28.6 Å². The second kappa shape index (κ2) is 8.46. The minimum atomic E-state index is -0.354. The Morgan fingerprint density at radius 2 is 2.08 bits per heavy atom. The van der Waals surface area contributed by atoms with Crippen molar-refractivity contribution in [3.8, 4) is 0 Å².